The lowest BCUT2D eigenvalue weighted by Crippen LogP contribution is -2.46. The van der Waals surface area contributed by atoms with Gasteiger partial charge in [-0.25, -0.2) is 0 Å². The molecular weight excluding hydrogens is 282 g/mol. The van der Waals surface area contributed by atoms with E-state index >= 15 is 0 Å². The highest BCUT2D eigenvalue weighted by Gasteiger charge is 2.21. The maximum atomic E-state index is 12.1. The van der Waals surface area contributed by atoms with Crippen LogP contribution in [0.2, 0.25) is 0 Å². The molecule has 1 atom stereocenters. The zero-order valence-electron chi connectivity index (χ0n) is 13.1. The molecule has 1 saturated heterocycles. The quantitative estimate of drug-likeness (QED) is 0.770. The summed E-state index contributed by atoms with van der Waals surface area (Å²) >= 11 is 1.74. The van der Waals surface area contributed by atoms with Crippen molar-refractivity contribution in [3.63, 3.8) is 0 Å². The lowest BCUT2D eigenvalue weighted by Gasteiger charge is -2.28. The molecule has 0 bridgehead atoms. The summed E-state index contributed by atoms with van der Waals surface area (Å²) in [6.45, 7) is 7.63. The van der Waals surface area contributed by atoms with Crippen molar-refractivity contribution in [3.8, 4) is 0 Å². The molecule has 1 unspecified atom stereocenters. The predicted molar refractivity (Wildman–Crippen MR) is 88.8 cm³/mol. The van der Waals surface area contributed by atoms with E-state index in [9.17, 15) is 4.79 Å². The fourth-order valence-electron chi connectivity index (χ4n) is 2.67. The predicted octanol–water partition coefficient (Wildman–Crippen LogP) is 1.87. The van der Waals surface area contributed by atoms with Gasteiger partial charge in [-0.2, -0.15) is 0 Å². The zero-order valence-corrected chi connectivity index (χ0v) is 13.9. The minimum atomic E-state index is 0.137. The summed E-state index contributed by atoms with van der Waals surface area (Å²) < 4.78 is 0. The fraction of sp³-hybridized carbons (Fsp3) is 0.688. The summed E-state index contributed by atoms with van der Waals surface area (Å²) in [5.41, 5.74) is 0. The summed E-state index contributed by atoms with van der Waals surface area (Å²) in [4.78, 5) is 15.7. The maximum absolute atomic E-state index is 12.1. The highest BCUT2D eigenvalue weighted by Crippen LogP contribution is 2.10. The molecule has 0 radical (unpaired) electrons. The van der Waals surface area contributed by atoms with Crippen LogP contribution in [0.3, 0.4) is 0 Å². The second-order valence-electron chi connectivity index (χ2n) is 6.00. The summed E-state index contributed by atoms with van der Waals surface area (Å²) in [5, 5.41) is 8.62. The van der Waals surface area contributed by atoms with Crippen LogP contribution in [0, 0.1) is 0 Å². The average molecular weight is 309 g/mol. The summed E-state index contributed by atoms with van der Waals surface area (Å²) in [5.74, 6) is 0.137. The van der Waals surface area contributed by atoms with Gasteiger partial charge in [0.05, 0.1) is 6.54 Å². The SMILES string of the molecule is CC(C)N(CC(=O)NCCc1cccs1)CC1CCCN1. The lowest BCUT2D eigenvalue weighted by molar-refractivity contribution is -0.122. The van der Waals surface area contributed by atoms with Gasteiger partial charge in [-0.15, -0.1) is 11.3 Å². The number of thiophene rings is 1. The molecule has 0 aromatic carbocycles. The highest BCUT2D eigenvalue weighted by atomic mass is 32.1. The van der Waals surface area contributed by atoms with Crippen molar-refractivity contribution in [2.24, 2.45) is 0 Å². The Kier molecular flexibility index (Phi) is 6.67. The van der Waals surface area contributed by atoms with E-state index in [4.69, 9.17) is 0 Å². The van der Waals surface area contributed by atoms with E-state index in [1.807, 2.05) is 0 Å². The Morgan fingerprint density at radius 2 is 2.43 bits per heavy atom. The van der Waals surface area contributed by atoms with Crippen molar-refractivity contribution in [2.45, 2.75) is 45.2 Å². The van der Waals surface area contributed by atoms with E-state index in [2.05, 4.69) is 46.9 Å². The molecule has 1 amide bonds. The van der Waals surface area contributed by atoms with Gasteiger partial charge in [0.2, 0.25) is 5.91 Å². The number of hydrogen-bond donors (Lipinski definition) is 2. The minimum Gasteiger partial charge on any atom is -0.355 e. The van der Waals surface area contributed by atoms with Crippen LogP contribution in [0.15, 0.2) is 17.5 Å². The van der Waals surface area contributed by atoms with Crippen LogP contribution in [-0.4, -0.2) is 49.1 Å². The summed E-state index contributed by atoms with van der Waals surface area (Å²) in [6, 6.07) is 5.11. The third-order valence-electron chi connectivity index (χ3n) is 3.97. The van der Waals surface area contributed by atoms with E-state index in [0.717, 1.165) is 26.1 Å². The van der Waals surface area contributed by atoms with Crippen molar-refractivity contribution in [3.05, 3.63) is 22.4 Å². The molecule has 1 fully saturated rings. The molecular formula is C16H27N3OS. The van der Waals surface area contributed by atoms with Crippen molar-refractivity contribution in [2.75, 3.05) is 26.2 Å². The molecule has 0 aliphatic carbocycles. The third kappa shape index (κ3) is 5.77. The molecule has 2 heterocycles. The van der Waals surface area contributed by atoms with Crippen LogP contribution in [0.5, 0.6) is 0 Å². The Balaban J connectivity index is 1.69. The van der Waals surface area contributed by atoms with E-state index < -0.39 is 0 Å². The van der Waals surface area contributed by atoms with Gasteiger partial charge in [0, 0.05) is 30.1 Å². The molecule has 21 heavy (non-hydrogen) atoms. The molecule has 1 aliphatic rings. The van der Waals surface area contributed by atoms with Crippen LogP contribution in [-0.2, 0) is 11.2 Å². The number of amides is 1. The van der Waals surface area contributed by atoms with Gasteiger partial charge in [-0.3, -0.25) is 9.69 Å². The van der Waals surface area contributed by atoms with Gasteiger partial charge in [0.1, 0.15) is 0 Å². The first-order valence-corrected chi connectivity index (χ1v) is 8.79. The van der Waals surface area contributed by atoms with Crippen LogP contribution in [0.25, 0.3) is 0 Å². The molecule has 0 saturated carbocycles. The Hall–Kier alpha value is -0.910. The standard InChI is InChI=1S/C16H27N3OS/c1-13(2)19(11-14-5-3-8-17-14)12-16(20)18-9-7-15-6-4-10-21-15/h4,6,10,13-14,17H,3,5,7-9,11-12H2,1-2H3,(H,18,20). The number of nitrogens with one attached hydrogen (secondary N) is 2. The fourth-order valence-corrected chi connectivity index (χ4v) is 3.38. The van der Waals surface area contributed by atoms with Crippen molar-refractivity contribution in [1.82, 2.24) is 15.5 Å². The number of carbonyl (C=O) groups excluding carboxylic acids is 1. The summed E-state index contributed by atoms with van der Waals surface area (Å²) in [7, 11) is 0. The molecule has 1 aliphatic heterocycles. The third-order valence-corrected chi connectivity index (χ3v) is 4.90. The Morgan fingerprint density at radius 1 is 1.57 bits per heavy atom. The Morgan fingerprint density at radius 3 is 3.05 bits per heavy atom. The van der Waals surface area contributed by atoms with E-state index in [1.54, 1.807) is 11.3 Å². The largest absolute Gasteiger partial charge is 0.355 e. The molecule has 1 aromatic heterocycles. The smallest absolute Gasteiger partial charge is 0.234 e. The monoisotopic (exact) mass is 309 g/mol. The Labute approximate surface area is 131 Å². The van der Waals surface area contributed by atoms with Gasteiger partial charge in [-0.1, -0.05) is 6.07 Å². The first-order valence-electron chi connectivity index (χ1n) is 7.91. The van der Waals surface area contributed by atoms with Gasteiger partial charge in [0.15, 0.2) is 0 Å². The summed E-state index contributed by atoms with van der Waals surface area (Å²) in [6.07, 6.45) is 3.40. The number of rotatable bonds is 8. The van der Waals surface area contributed by atoms with Gasteiger partial charge in [0.25, 0.3) is 0 Å². The maximum Gasteiger partial charge on any atom is 0.234 e. The topological polar surface area (TPSA) is 44.4 Å². The molecule has 1 aromatic rings. The first-order chi connectivity index (χ1) is 10.1. The zero-order chi connectivity index (χ0) is 15.1. The second kappa shape index (κ2) is 8.51. The highest BCUT2D eigenvalue weighted by molar-refractivity contribution is 7.09. The first kappa shape index (κ1) is 16.5. The van der Waals surface area contributed by atoms with Crippen LogP contribution in [0.4, 0.5) is 0 Å². The minimum absolute atomic E-state index is 0.137. The number of nitrogens with zero attached hydrogens (tertiary/aromatic N) is 1. The van der Waals surface area contributed by atoms with E-state index in [-0.39, 0.29) is 5.91 Å². The molecule has 4 nitrogen and oxygen atoms in total. The number of hydrogen-bond acceptors (Lipinski definition) is 4. The molecule has 2 rings (SSSR count). The van der Waals surface area contributed by atoms with Crippen LogP contribution >= 0.6 is 11.3 Å². The van der Waals surface area contributed by atoms with Crippen molar-refractivity contribution >= 4 is 17.2 Å². The molecule has 2 N–H and O–H groups in total. The van der Waals surface area contributed by atoms with Gasteiger partial charge in [-0.05, 0) is 51.1 Å². The number of carbonyl (C=O) groups is 1. The second-order valence-corrected chi connectivity index (χ2v) is 7.03. The van der Waals surface area contributed by atoms with Crippen LogP contribution in [0.1, 0.15) is 31.6 Å². The van der Waals surface area contributed by atoms with Crippen LogP contribution < -0.4 is 10.6 Å². The Bertz CT molecular complexity index is 413. The lowest BCUT2D eigenvalue weighted by atomic mass is 10.2. The van der Waals surface area contributed by atoms with Gasteiger partial charge >= 0.3 is 0 Å². The molecule has 118 valence electrons. The van der Waals surface area contributed by atoms with Crippen molar-refractivity contribution < 1.29 is 4.79 Å². The van der Waals surface area contributed by atoms with E-state index in [1.165, 1.54) is 17.7 Å². The van der Waals surface area contributed by atoms with E-state index in [0.29, 0.717) is 18.6 Å². The normalized spacial score (nSPS) is 18.6. The average Bonchev–Trinajstić information content (AvgIpc) is 3.10. The van der Waals surface area contributed by atoms with Crippen molar-refractivity contribution in [1.29, 1.82) is 0 Å². The van der Waals surface area contributed by atoms with Gasteiger partial charge < -0.3 is 10.6 Å². The molecule has 0 spiro atoms. The molecule has 5 heteroatoms.